The highest BCUT2D eigenvalue weighted by Crippen LogP contribution is 2.29. The minimum absolute atomic E-state index is 0.178. The second-order valence-corrected chi connectivity index (χ2v) is 6.52. The van der Waals surface area contributed by atoms with E-state index in [1.54, 1.807) is 0 Å². The van der Waals surface area contributed by atoms with Gasteiger partial charge in [-0.1, -0.05) is 12.1 Å². The molecule has 1 saturated heterocycles. The maximum atomic E-state index is 12.9. The fourth-order valence-corrected chi connectivity index (χ4v) is 3.51. The Hall–Kier alpha value is -1.23. The molecule has 2 heterocycles. The lowest BCUT2D eigenvalue weighted by Gasteiger charge is -2.31. The van der Waals surface area contributed by atoms with Crippen molar-refractivity contribution in [3.63, 3.8) is 0 Å². The highest BCUT2D eigenvalue weighted by atomic mass is 32.1. The molecule has 4 heteroatoms. The molecule has 0 saturated carbocycles. The number of benzene rings is 1. The highest BCUT2D eigenvalue weighted by molar-refractivity contribution is 7.15. The molecule has 106 valence electrons. The van der Waals surface area contributed by atoms with Crippen molar-refractivity contribution in [3.8, 4) is 10.4 Å². The first-order chi connectivity index (χ1) is 9.70. The van der Waals surface area contributed by atoms with Gasteiger partial charge in [0.15, 0.2) is 0 Å². The van der Waals surface area contributed by atoms with Crippen molar-refractivity contribution in [3.05, 3.63) is 47.1 Å². The summed E-state index contributed by atoms with van der Waals surface area (Å²) in [6, 6.07) is 11.1. The fraction of sp³-hybridized carbons (Fsp3) is 0.375. The molecule has 0 atom stereocenters. The monoisotopic (exact) mass is 290 g/mol. The van der Waals surface area contributed by atoms with Crippen molar-refractivity contribution in [2.24, 2.45) is 0 Å². The molecule has 0 aliphatic carbocycles. The second kappa shape index (κ2) is 6.04. The summed E-state index contributed by atoms with van der Waals surface area (Å²) in [6.07, 6.45) is 0. The molecule has 2 aromatic rings. The standard InChI is InChI=1S/C16H19FN2S/c1-18-8-10-19(11-9-18)12-15-6-7-16(20-15)13-2-4-14(17)5-3-13/h2-7H,8-12H2,1H3. The number of likely N-dealkylation sites (N-methyl/N-ethyl adjacent to an activating group) is 1. The Morgan fingerprint density at radius 3 is 2.40 bits per heavy atom. The van der Waals surface area contributed by atoms with Gasteiger partial charge in [-0.15, -0.1) is 11.3 Å². The molecule has 2 nitrogen and oxygen atoms in total. The van der Waals surface area contributed by atoms with Crippen LogP contribution in [0.5, 0.6) is 0 Å². The van der Waals surface area contributed by atoms with Crippen molar-refractivity contribution < 1.29 is 4.39 Å². The zero-order valence-corrected chi connectivity index (χ0v) is 12.5. The summed E-state index contributed by atoms with van der Waals surface area (Å²) in [6.45, 7) is 5.60. The third kappa shape index (κ3) is 3.26. The Kier molecular flexibility index (Phi) is 4.15. The van der Waals surface area contributed by atoms with Crippen LogP contribution in [0.15, 0.2) is 36.4 Å². The summed E-state index contributed by atoms with van der Waals surface area (Å²) in [5.74, 6) is -0.178. The first kappa shape index (κ1) is 13.7. The molecule has 0 bridgehead atoms. The Bertz CT molecular complexity index is 556. The van der Waals surface area contributed by atoms with Gasteiger partial charge in [-0.3, -0.25) is 4.90 Å². The molecule has 3 rings (SSSR count). The van der Waals surface area contributed by atoms with E-state index in [2.05, 4.69) is 29.0 Å². The van der Waals surface area contributed by atoms with Crippen LogP contribution < -0.4 is 0 Å². The molecule has 1 aliphatic rings. The van der Waals surface area contributed by atoms with E-state index in [0.717, 1.165) is 38.3 Å². The molecule has 1 aromatic carbocycles. The van der Waals surface area contributed by atoms with Crippen molar-refractivity contribution in [2.45, 2.75) is 6.54 Å². The Labute approximate surface area is 123 Å². The minimum atomic E-state index is -0.178. The van der Waals surface area contributed by atoms with E-state index < -0.39 is 0 Å². The lowest BCUT2D eigenvalue weighted by molar-refractivity contribution is 0.149. The summed E-state index contributed by atoms with van der Waals surface area (Å²) in [7, 11) is 2.18. The SMILES string of the molecule is CN1CCN(Cc2ccc(-c3ccc(F)cc3)s2)CC1. The van der Waals surface area contributed by atoms with Crippen molar-refractivity contribution in [1.29, 1.82) is 0 Å². The lowest BCUT2D eigenvalue weighted by atomic mass is 10.2. The van der Waals surface area contributed by atoms with E-state index >= 15 is 0 Å². The van der Waals surface area contributed by atoms with Gasteiger partial charge >= 0.3 is 0 Å². The quantitative estimate of drug-likeness (QED) is 0.856. The fourth-order valence-electron chi connectivity index (χ4n) is 2.46. The lowest BCUT2D eigenvalue weighted by Crippen LogP contribution is -2.43. The summed E-state index contributed by atoms with van der Waals surface area (Å²) < 4.78 is 12.9. The van der Waals surface area contributed by atoms with Gasteiger partial charge in [0.25, 0.3) is 0 Å². The topological polar surface area (TPSA) is 6.48 Å². The third-order valence-corrected chi connectivity index (χ3v) is 4.88. The molecule has 1 aliphatic heterocycles. The maximum absolute atomic E-state index is 12.9. The van der Waals surface area contributed by atoms with Crippen LogP contribution in [0.3, 0.4) is 0 Å². The molecule has 20 heavy (non-hydrogen) atoms. The van der Waals surface area contributed by atoms with Gasteiger partial charge in [0, 0.05) is 42.5 Å². The molecule has 1 aromatic heterocycles. The van der Waals surface area contributed by atoms with Crippen LogP contribution in [0.2, 0.25) is 0 Å². The van der Waals surface area contributed by atoms with Gasteiger partial charge in [-0.25, -0.2) is 4.39 Å². The molecule has 0 amide bonds. The van der Waals surface area contributed by atoms with Gasteiger partial charge in [0.1, 0.15) is 5.82 Å². The number of hydrogen-bond donors (Lipinski definition) is 0. The van der Waals surface area contributed by atoms with E-state index in [1.807, 2.05) is 23.5 Å². The smallest absolute Gasteiger partial charge is 0.123 e. The number of nitrogens with zero attached hydrogens (tertiary/aromatic N) is 2. The molecular formula is C16H19FN2S. The van der Waals surface area contributed by atoms with E-state index in [-0.39, 0.29) is 5.82 Å². The molecule has 0 radical (unpaired) electrons. The zero-order valence-electron chi connectivity index (χ0n) is 11.7. The van der Waals surface area contributed by atoms with Crippen molar-refractivity contribution in [1.82, 2.24) is 9.80 Å². The summed E-state index contributed by atoms with van der Waals surface area (Å²) in [5.41, 5.74) is 1.10. The van der Waals surface area contributed by atoms with Gasteiger partial charge in [-0.2, -0.15) is 0 Å². The molecular weight excluding hydrogens is 271 g/mol. The van der Waals surface area contributed by atoms with Crippen LogP contribution in [0.1, 0.15) is 4.88 Å². The van der Waals surface area contributed by atoms with Crippen molar-refractivity contribution in [2.75, 3.05) is 33.2 Å². The number of rotatable bonds is 3. The average molecular weight is 290 g/mol. The largest absolute Gasteiger partial charge is 0.304 e. The predicted octanol–water partition coefficient (Wildman–Crippen LogP) is 3.30. The Balaban J connectivity index is 1.66. The number of hydrogen-bond acceptors (Lipinski definition) is 3. The number of thiophene rings is 1. The zero-order chi connectivity index (χ0) is 13.9. The van der Waals surface area contributed by atoms with Crippen LogP contribution in [0, 0.1) is 5.82 Å². The normalized spacial score (nSPS) is 17.5. The van der Waals surface area contributed by atoms with E-state index in [0.29, 0.717) is 0 Å². The Morgan fingerprint density at radius 1 is 1.00 bits per heavy atom. The summed E-state index contributed by atoms with van der Waals surface area (Å²) in [4.78, 5) is 7.47. The number of halogens is 1. The van der Waals surface area contributed by atoms with Crippen LogP contribution in [0.4, 0.5) is 4.39 Å². The summed E-state index contributed by atoms with van der Waals surface area (Å²) in [5, 5.41) is 0. The van der Waals surface area contributed by atoms with E-state index in [9.17, 15) is 4.39 Å². The number of piperazine rings is 1. The molecule has 1 fully saturated rings. The van der Waals surface area contributed by atoms with Gasteiger partial charge in [0.05, 0.1) is 0 Å². The Morgan fingerprint density at radius 2 is 1.70 bits per heavy atom. The van der Waals surface area contributed by atoms with Crippen LogP contribution in [0.25, 0.3) is 10.4 Å². The summed E-state index contributed by atoms with van der Waals surface area (Å²) >= 11 is 1.81. The first-order valence-corrected chi connectivity index (χ1v) is 7.78. The van der Waals surface area contributed by atoms with Gasteiger partial charge < -0.3 is 4.90 Å². The second-order valence-electron chi connectivity index (χ2n) is 5.35. The van der Waals surface area contributed by atoms with Crippen molar-refractivity contribution >= 4 is 11.3 Å². The minimum Gasteiger partial charge on any atom is -0.304 e. The molecule has 0 spiro atoms. The van der Waals surface area contributed by atoms with E-state index in [1.165, 1.54) is 21.9 Å². The third-order valence-electron chi connectivity index (χ3n) is 3.77. The maximum Gasteiger partial charge on any atom is 0.123 e. The highest BCUT2D eigenvalue weighted by Gasteiger charge is 2.14. The first-order valence-electron chi connectivity index (χ1n) is 6.96. The average Bonchev–Trinajstić information content (AvgIpc) is 2.91. The molecule has 0 N–H and O–H groups in total. The van der Waals surface area contributed by atoms with Crippen LogP contribution in [-0.4, -0.2) is 43.0 Å². The predicted molar refractivity (Wildman–Crippen MR) is 82.5 cm³/mol. The van der Waals surface area contributed by atoms with Gasteiger partial charge in [-0.05, 0) is 36.9 Å². The van der Waals surface area contributed by atoms with E-state index in [4.69, 9.17) is 0 Å². The van der Waals surface area contributed by atoms with Crippen LogP contribution >= 0.6 is 11.3 Å². The molecule has 0 unspecified atom stereocenters. The van der Waals surface area contributed by atoms with Crippen LogP contribution in [-0.2, 0) is 6.54 Å². The van der Waals surface area contributed by atoms with Gasteiger partial charge in [0.2, 0.25) is 0 Å².